The minimum Gasteiger partial charge on any atom is -0.468 e. The average Bonchev–Trinajstić information content (AvgIpc) is 3.05. The topological polar surface area (TPSA) is 28.4 Å². The van der Waals surface area contributed by atoms with Crippen molar-refractivity contribution in [2.75, 3.05) is 6.54 Å². The third-order valence-electron chi connectivity index (χ3n) is 4.56. The highest BCUT2D eigenvalue weighted by Gasteiger charge is 2.17. The Labute approximate surface area is 133 Å². The van der Waals surface area contributed by atoms with Crippen molar-refractivity contribution in [2.45, 2.75) is 51.9 Å². The fourth-order valence-electron chi connectivity index (χ4n) is 3.13. The Balaban J connectivity index is 1.47. The van der Waals surface area contributed by atoms with Crippen LogP contribution < -0.4 is 5.32 Å². The molecule has 3 nitrogen and oxygen atoms in total. The van der Waals surface area contributed by atoms with Crippen molar-refractivity contribution in [1.82, 2.24) is 10.2 Å². The minimum absolute atomic E-state index is 0.725. The number of rotatable bonds is 6. The monoisotopic (exact) mass is 298 g/mol. The van der Waals surface area contributed by atoms with Gasteiger partial charge in [0.1, 0.15) is 5.76 Å². The summed E-state index contributed by atoms with van der Waals surface area (Å²) in [7, 11) is 0. The second kappa shape index (κ2) is 7.61. The van der Waals surface area contributed by atoms with Crippen molar-refractivity contribution in [1.29, 1.82) is 0 Å². The summed E-state index contributed by atoms with van der Waals surface area (Å²) in [6.07, 6.45) is 5.79. The van der Waals surface area contributed by atoms with E-state index in [2.05, 4.69) is 41.4 Å². The third-order valence-corrected chi connectivity index (χ3v) is 4.56. The summed E-state index contributed by atoms with van der Waals surface area (Å²) in [5.74, 6) is 0.982. The number of likely N-dealkylation sites (tertiary alicyclic amines) is 1. The molecule has 1 N–H and O–H groups in total. The molecule has 1 aromatic carbocycles. The lowest BCUT2D eigenvalue weighted by molar-refractivity contribution is 0.152. The van der Waals surface area contributed by atoms with Crippen LogP contribution in [0.5, 0.6) is 0 Å². The van der Waals surface area contributed by atoms with Gasteiger partial charge in [0.2, 0.25) is 0 Å². The zero-order valence-electron chi connectivity index (χ0n) is 13.4. The molecule has 0 aliphatic carbocycles. The Morgan fingerprint density at radius 1 is 1.09 bits per heavy atom. The highest BCUT2D eigenvalue weighted by Crippen LogP contribution is 2.19. The van der Waals surface area contributed by atoms with Crippen molar-refractivity contribution in [3.05, 3.63) is 59.5 Å². The zero-order valence-corrected chi connectivity index (χ0v) is 13.4. The third kappa shape index (κ3) is 4.21. The molecule has 1 fully saturated rings. The van der Waals surface area contributed by atoms with E-state index < -0.39 is 0 Å². The van der Waals surface area contributed by atoms with E-state index in [1.807, 2.05) is 12.1 Å². The van der Waals surface area contributed by atoms with Crippen LogP contribution >= 0.6 is 0 Å². The normalized spacial score (nSPS) is 19.4. The van der Waals surface area contributed by atoms with Crippen LogP contribution in [-0.4, -0.2) is 17.5 Å². The van der Waals surface area contributed by atoms with E-state index in [1.54, 1.807) is 6.26 Å². The standard InChI is InChI=1S/C19H26N2O/c1-16-5-2-3-11-21(16)15-18-9-7-17(8-10-18)13-20-14-19-6-4-12-22-19/h4,6-10,12,16,20H,2-3,5,11,13-15H2,1H3. The van der Waals surface area contributed by atoms with Gasteiger partial charge >= 0.3 is 0 Å². The van der Waals surface area contributed by atoms with Crippen molar-refractivity contribution < 1.29 is 4.42 Å². The van der Waals surface area contributed by atoms with Gasteiger partial charge in [-0.05, 0) is 49.6 Å². The maximum atomic E-state index is 5.32. The summed E-state index contributed by atoms with van der Waals surface area (Å²) in [6, 6.07) is 13.7. The molecule has 0 spiro atoms. The molecule has 2 aromatic rings. The molecule has 3 rings (SSSR count). The predicted molar refractivity (Wildman–Crippen MR) is 89.4 cm³/mol. The number of hydrogen-bond donors (Lipinski definition) is 1. The number of nitrogens with one attached hydrogen (secondary N) is 1. The second-order valence-electron chi connectivity index (χ2n) is 6.31. The molecule has 1 aliphatic heterocycles. The highest BCUT2D eigenvalue weighted by atomic mass is 16.3. The van der Waals surface area contributed by atoms with Crippen LogP contribution in [0.3, 0.4) is 0 Å². The lowest BCUT2D eigenvalue weighted by Crippen LogP contribution is -2.36. The molecule has 1 atom stereocenters. The molecule has 0 amide bonds. The molecule has 1 aliphatic rings. The van der Waals surface area contributed by atoms with E-state index in [1.165, 1.54) is 36.9 Å². The Bertz CT molecular complexity index is 547. The highest BCUT2D eigenvalue weighted by molar-refractivity contribution is 5.22. The SMILES string of the molecule is CC1CCCCN1Cc1ccc(CNCc2ccco2)cc1. The Kier molecular flexibility index (Phi) is 5.30. The van der Waals surface area contributed by atoms with Gasteiger partial charge in [-0.3, -0.25) is 4.90 Å². The fourth-order valence-corrected chi connectivity index (χ4v) is 3.13. The molecule has 118 valence electrons. The van der Waals surface area contributed by atoms with Gasteiger partial charge in [-0.15, -0.1) is 0 Å². The summed E-state index contributed by atoms with van der Waals surface area (Å²) in [5.41, 5.74) is 2.74. The van der Waals surface area contributed by atoms with Gasteiger partial charge in [0.05, 0.1) is 12.8 Å². The quantitative estimate of drug-likeness (QED) is 0.875. The van der Waals surface area contributed by atoms with Crippen LogP contribution in [0.4, 0.5) is 0 Å². The first kappa shape index (κ1) is 15.3. The molecule has 2 heterocycles. The predicted octanol–water partition coefficient (Wildman–Crippen LogP) is 3.94. The van der Waals surface area contributed by atoms with Crippen LogP contribution in [0, 0.1) is 0 Å². The van der Waals surface area contributed by atoms with E-state index in [-0.39, 0.29) is 0 Å². The van der Waals surface area contributed by atoms with Gasteiger partial charge < -0.3 is 9.73 Å². The minimum atomic E-state index is 0.725. The number of furan rings is 1. The van der Waals surface area contributed by atoms with Crippen molar-refractivity contribution in [3.63, 3.8) is 0 Å². The van der Waals surface area contributed by atoms with Crippen LogP contribution in [0.15, 0.2) is 47.1 Å². The van der Waals surface area contributed by atoms with E-state index in [0.29, 0.717) is 0 Å². The molecule has 3 heteroatoms. The molecule has 0 radical (unpaired) electrons. The molecular formula is C19H26N2O. The van der Waals surface area contributed by atoms with Gasteiger partial charge in [0.15, 0.2) is 0 Å². The number of piperidine rings is 1. The van der Waals surface area contributed by atoms with Crippen LogP contribution in [0.25, 0.3) is 0 Å². The lowest BCUT2D eigenvalue weighted by Gasteiger charge is -2.33. The summed E-state index contributed by atoms with van der Waals surface area (Å²) >= 11 is 0. The average molecular weight is 298 g/mol. The van der Waals surface area contributed by atoms with Crippen molar-refractivity contribution in [3.8, 4) is 0 Å². The smallest absolute Gasteiger partial charge is 0.117 e. The van der Waals surface area contributed by atoms with Gasteiger partial charge in [0.25, 0.3) is 0 Å². The van der Waals surface area contributed by atoms with Gasteiger partial charge in [-0.25, -0.2) is 0 Å². The first-order chi connectivity index (χ1) is 10.8. The number of hydrogen-bond acceptors (Lipinski definition) is 3. The molecule has 1 unspecified atom stereocenters. The summed E-state index contributed by atoms with van der Waals surface area (Å²) < 4.78 is 5.32. The maximum absolute atomic E-state index is 5.32. The van der Waals surface area contributed by atoms with Crippen molar-refractivity contribution in [2.24, 2.45) is 0 Å². The molecule has 0 saturated carbocycles. The van der Waals surface area contributed by atoms with E-state index in [4.69, 9.17) is 4.42 Å². The Hall–Kier alpha value is -1.58. The number of nitrogens with zero attached hydrogens (tertiary/aromatic N) is 1. The van der Waals surface area contributed by atoms with Crippen LogP contribution in [0.1, 0.15) is 43.1 Å². The van der Waals surface area contributed by atoms with E-state index in [0.717, 1.165) is 31.4 Å². The van der Waals surface area contributed by atoms with Crippen LogP contribution in [-0.2, 0) is 19.6 Å². The Morgan fingerprint density at radius 2 is 1.91 bits per heavy atom. The van der Waals surface area contributed by atoms with E-state index in [9.17, 15) is 0 Å². The summed E-state index contributed by atoms with van der Waals surface area (Å²) in [5, 5.41) is 3.41. The molecule has 0 bridgehead atoms. The lowest BCUT2D eigenvalue weighted by atomic mass is 10.0. The number of benzene rings is 1. The van der Waals surface area contributed by atoms with Gasteiger partial charge in [0, 0.05) is 19.1 Å². The first-order valence-corrected chi connectivity index (χ1v) is 8.36. The molecule has 1 saturated heterocycles. The molecular weight excluding hydrogens is 272 g/mol. The Morgan fingerprint density at radius 3 is 2.64 bits per heavy atom. The van der Waals surface area contributed by atoms with E-state index >= 15 is 0 Å². The molecule has 22 heavy (non-hydrogen) atoms. The van der Waals surface area contributed by atoms with Gasteiger partial charge in [-0.1, -0.05) is 30.7 Å². The van der Waals surface area contributed by atoms with Gasteiger partial charge in [-0.2, -0.15) is 0 Å². The van der Waals surface area contributed by atoms with Crippen molar-refractivity contribution >= 4 is 0 Å². The fraction of sp³-hybridized carbons (Fsp3) is 0.474. The second-order valence-corrected chi connectivity index (χ2v) is 6.31. The largest absolute Gasteiger partial charge is 0.468 e. The summed E-state index contributed by atoms with van der Waals surface area (Å²) in [6.45, 7) is 6.34. The zero-order chi connectivity index (χ0) is 15.2. The molecule has 1 aromatic heterocycles. The first-order valence-electron chi connectivity index (χ1n) is 8.36. The van der Waals surface area contributed by atoms with Crippen LogP contribution in [0.2, 0.25) is 0 Å². The summed E-state index contributed by atoms with van der Waals surface area (Å²) in [4.78, 5) is 2.60. The maximum Gasteiger partial charge on any atom is 0.117 e.